The average molecular weight is 319 g/mol. The summed E-state index contributed by atoms with van der Waals surface area (Å²) >= 11 is 0. The molecule has 0 saturated heterocycles. The standard InChI is InChI=1S/C18H29N3O2/c1-14(2)7-9-21-12-15-5-4-6-17(16(15)13-21)20-18(22)11-19-8-10-23-3/h4-6,14,19H,7-13H2,1-3H3,(H,20,22). The lowest BCUT2D eigenvalue weighted by Crippen LogP contribution is -2.30. The highest BCUT2D eigenvalue weighted by atomic mass is 16.5. The monoisotopic (exact) mass is 319 g/mol. The Hall–Kier alpha value is -1.43. The number of hydrogen-bond acceptors (Lipinski definition) is 4. The van der Waals surface area contributed by atoms with E-state index in [4.69, 9.17) is 4.74 Å². The number of ether oxygens (including phenoxy) is 1. The van der Waals surface area contributed by atoms with Crippen molar-refractivity contribution in [3.05, 3.63) is 29.3 Å². The van der Waals surface area contributed by atoms with Crippen molar-refractivity contribution in [2.45, 2.75) is 33.4 Å². The Morgan fingerprint density at radius 3 is 2.91 bits per heavy atom. The predicted octanol–water partition coefficient (Wildman–Crippen LogP) is 2.22. The Balaban J connectivity index is 1.88. The summed E-state index contributed by atoms with van der Waals surface area (Å²) in [5, 5.41) is 6.10. The van der Waals surface area contributed by atoms with E-state index in [1.54, 1.807) is 7.11 Å². The molecule has 0 atom stereocenters. The molecule has 23 heavy (non-hydrogen) atoms. The summed E-state index contributed by atoms with van der Waals surface area (Å²) in [6.45, 7) is 9.13. The maximum atomic E-state index is 12.0. The zero-order valence-electron chi connectivity index (χ0n) is 14.5. The van der Waals surface area contributed by atoms with Gasteiger partial charge in [-0.25, -0.2) is 0 Å². The third-order valence-corrected chi connectivity index (χ3v) is 4.11. The van der Waals surface area contributed by atoms with Crippen LogP contribution in [0.3, 0.4) is 0 Å². The number of carbonyl (C=O) groups is 1. The van der Waals surface area contributed by atoms with Crippen molar-refractivity contribution in [3.8, 4) is 0 Å². The molecule has 1 aromatic carbocycles. The number of hydrogen-bond donors (Lipinski definition) is 2. The first kappa shape index (κ1) is 17.9. The van der Waals surface area contributed by atoms with E-state index in [9.17, 15) is 4.79 Å². The molecule has 1 amide bonds. The average Bonchev–Trinajstić information content (AvgIpc) is 2.94. The Kier molecular flexibility index (Phi) is 7.02. The number of rotatable bonds is 9. The molecule has 0 spiro atoms. The minimum atomic E-state index is -0.00451. The van der Waals surface area contributed by atoms with Gasteiger partial charge in [-0.2, -0.15) is 0 Å². The number of nitrogens with zero attached hydrogens (tertiary/aromatic N) is 1. The minimum absolute atomic E-state index is 0.00451. The van der Waals surface area contributed by atoms with Gasteiger partial charge >= 0.3 is 0 Å². The van der Waals surface area contributed by atoms with Gasteiger partial charge in [0.05, 0.1) is 13.2 Å². The van der Waals surface area contributed by atoms with Crippen molar-refractivity contribution >= 4 is 11.6 Å². The van der Waals surface area contributed by atoms with Gasteiger partial charge in [-0.05, 0) is 36.1 Å². The van der Waals surface area contributed by atoms with Crippen LogP contribution in [0.1, 0.15) is 31.4 Å². The summed E-state index contributed by atoms with van der Waals surface area (Å²) in [6, 6.07) is 6.19. The van der Waals surface area contributed by atoms with Crippen molar-refractivity contribution in [1.82, 2.24) is 10.2 Å². The van der Waals surface area contributed by atoms with E-state index in [0.29, 0.717) is 19.7 Å². The molecule has 0 bridgehead atoms. The third-order valence-electron chi connectivity index (χ3n) is 4.11. The summed E-state index contributed by atoms with van der Waals surface area (Å²) in [6.07, 6.45) is 1.21. The summed E-state index contributed by atoms with van der Waals surface area (Å²) < 4.78 is 4.95. The highest BCUT2D eigenvalue weighted by molar-refractivity contribution is 5.93. The first-order valence-corrected chi connectivity index (χ1v) is 8.42. The number of methoxy groups -OCH3 is 1. The largest absolute Gasteiger partial charge is 0.383 e. The minimum Gasteiger partial charge on any atom is -0.383 e. The highest BCUT2D eigenvalue weighted by Crippen LogP contribution is 2.29. The Labute approximate surface area is 139 Å². The lowest BCUT2D eigenvalue weighted by molar-refractivity contribution is -0.115. The fourth-order valence-corrected chi connectivity index (χ4v) is 2.78. The number of carbonyl (C=O) groups excluding carboxylic acids is 1. The van der Waals surface area contributed by atoms with Crippen LogP contribution in [0.5, 0.6) is 0 Å². The van der Waals surface area contributed by atoms with Crippen LogP contribution in [-0.4, -0.2) is 44.2 Å². The first-order valence-electron chi connectivity index (χ1n) is 8.42. The number of fused-ring (bicyclic) bond motifs is 1. The van der Waals surface area contributed by atoms with Gasteiger partial charge in [-0.1, -0.05) is 26.0 Å². The summed E-state index contributed by atoms with van der Waals surface area (Å²) in [4.78, 5) is 14.5. The molecule has 5 heteroatoms. The molecule has 128 valence electrons. The second-order valence-corrected chi connectivity index (χ2v) is 6.55. The molecule has 5 nitrogen and oxygen atoms in total. The molecule has 0 aromatic heterocycles. The molecule has 2 N–H and O–H groups in total. The lowest BCUT2D eigenvalue weighted by atomic mass is 10.1. The lowest BCUT2D eigenvalue weighted by Gasteiger charge is -2.16. The van der Waals surface area contributed by atoms with E-state index in [1.807, 2.05) is 12.1 Å². The van der Waals surface area contributed by atoms with E-state index in [1.165, 1.54) is 17.5 Å². The van der Waals surface area contributed by atoms with Crippen molar-refractivity contribution in [3.63, 3.8) is 0 Å². The quantitative estimate of drug-likeness (QED) is 0.685. The van der Waals surface area contributed by atoms with Gasteiger partial charge in [0.1, 0.15) is 0 Å². The van der Waals surface area contributed by atoms with Crippen LogP contribution < -0.4 is 10.6 Å². The van der Waals surface area contributed by atoms with Crippen molar-refractivity contribution in [2.24, 2.45) is 5.92 Å². The predicted molar refractivity (Wildman–Crippen MR) is 93.4 cm³/mol. The van der Waals surface area contributed by atoms with E-state index in [2.05, 4.69) is 35.4 Å². The molecule has 0 aliphatic carbocycles. The Morgan fingerprint density at radius 1 is 1.35 bits per heavy atom. The van der Waals surface area contributed by atoms with Gasteiger partial charge < -0.3 is 15.4 Å². The van der Waals surface area contributed by atoms with E-state index in [0.717, 1.165) is 31.2 Å². The van der Waals surface area contributed by atoms with Crippen molar-refractivity contribution < 1.29 is 9.53 Å². The zero-order valence-corrected chi connectivity index (χ0v) is 14.5. The molecule has 1 aliphatic heterocycles. The number of nitrogens with one attached hydrogen (secondary N) is 2. The Bertz CT molecular complexity index is 517. The van der Waals surface area contributed by atoms with Crippen LogP contribution in [0.25, 0.3) is 0 Å². The number of anilines is 1. The van der Waals surface area contributed by atoms with Crippen molar-refractivity contribution in [2.75, 3.05) is 38.7 Å². The maximum Gasteiger partial charge on any atom is 0.238 e. The van der Waals surface area contributed by atoms with Crippen LogP contribution in [-0.2, 0) is 22.6 Å². The van der Waals surface area contributed by atoms with Gasteiger partial charge in [0.15, 0.2) is 0 Å². The number of benzene rings is 1. The summed E-state index contributed by atoms with van der Waals surface area (Å²) in [7, 11) is 1.65. The van der Waals surface area contributed by atoms with Crippen LogP contribution in [0.15, 0.2) is 18.2 Å². The third kappa shape index (κ3) is 5.61. The summed E-state index contributed by atoms with van der Waals surface area (Å²) in [5.74, 6) is 0.714. The molecular formula is C18H29N3O2. The highest BCUT2D eigenvalue weighted by Gasteiger charge is 2.22. The topological polar surface area (TPSA) is 53.6 Å². The van der Waals surface area contributed by atoms with Crippen LogP contribution in [0.2, 0.25) is 0 Å². The number of amides is 1. The maximum absolute atomic E-state index is 12.0. The molecule has 0 fully saturated rings. The SMILES string of the molecule is COCCNCC(=O)Nc1cccc2c1CN(CCC(C)C)C2. The molecule has 0 saturated carbocycles. The molecule has 1 aromatic rings. The van der Waals surface area contributed by atoms with Gasteiger partial charge in [0.2, 0.25) is 5.91 Å². The molecule has 0 unspecified atom stereocenters. The first-order chi connectivity index (χ1) is 11.1. The van der Waals surface area contributed by atoms with Gasteiger partial charge in [0, 0.05) is 32.4 Å². The molecule has 1 heterocycles. The van der Waals surface area contributed by atoms with Gasteiger partial charge in [0.25, 0.3) is 0 Å². The van der Waals surface area contributed by atoms with Gasteiger partial charge in [-0.3, -0.25) is 9.69 Å². The smallest absolute Gasteiger partial charge is 0.238 e. The van der Waals surface area contributed by atoms with Gasteiger partial charge in [-0.15, -0.1) is 0 Å². The van der Waals surface area contributed by atoms with Crippen LogP contribution >= 0.6 is 0 Å². The van der Waals surface area contributed by atoms with E-state index in [-0.39, 0.29) is 5.91 Å². The van der Waals surface area contributed by atoms with Crippen molar-refractivity contribution in [1.29, 1.82) is 0 Å². The zero-order chi connectivity index (χ0) is 16.7. The van der Waals surface area contributed by atoms with Crippen LogP contribution in [0, 0.1) is 5.92 Å². The normalized spacial score (nSPS) is 14.3. The fourth-order valence-electron chi connectivity index (χ4n) is 2.78. The van der Waals surface area contributed by atoms with Crippen LogP contribution in [0.4, 0.5) is 5.69 Å². The molecular weight excluding hydrogens is 290 g/mol. The summed E-state index contributed by atoms with van der Waals surface area (Å²) in [5.41, 5.74) is 3.55. The fraction of sp³-hybridized carbons (Fsp3) is 0.611. The second-order valence-electron chi connectivity index (χ2n) is 6.55. The Morgan fingerprint density at radius 2 is 2.17 bits per heavy atom. The van der Waals surface area contributed by atoms with E-state index < -0.39 is 0 Å². The molecule has 2 rings (SSSR count). The molecule has 0 radical (unpaired) electrons. The van der Waals surface area contributed by atoms with E-state index >= 15 is 0 Å². The molecule has 1 aliphatic rings. The second kappa shape index (κ2) is 9.01.